The van der Waals surface area contributed by atoms with Crippen LogP contribution in [0.1, 0.15) is 51.4 Å². The Bertz CT molecular complexity index is 419. The lowest BCUT2D eigenvalue weighted by Crippen LogP contribution is -2.59. The van der Waals surface area contributed by atoms with Crippen LogP contribution in [0.2, 0.25) is 0 Å². The standard InChI is InChI=1S/C16H26N2O2S/c17-14(21)16(7-10-20-11-8-16)15(19)18-9-3-5-12-4-1-2-6-13(12)18/h12-13H,1-11H2,(H2,17,21)/t12-,13-/m1/s1. The van der Waals surface area contributed by atoms with E-state index in [1.54, 1.807) is 0 Å². The highest BCUT2D eigenvalue weighted by atomic mass is 32.1. The van der Waals surface area contributed by atoms with Crippen LogP contribution in [0.25, 0.3) is 0 Å². The highest BCUT2D eigenvalue weighted by Crippen LogP contribution is 2.40. The second-order valence-corrected chi connectivity index (χ2v) is 7.25. The molecule has 1 saturated carbocycles. The summed E-state index contributed by atoms with van der Waals surface area (Å²) < 4.78 is 5.43. The van der Waals surface area contributed by atoms with E-state index < -0.39 is 5.41 Å². The van der Waals surface area contributed by atoms with E-state index in [2.05, 4.69) is 4.90 Å². The fourth-order valence-electron chi connectivity index (χ4n) is 4.44. The zero-order chi connectivity index (χ0) is 14.9. The molecule has 5 heteroatoms. The van der Waals surface area contributed by atoms with Gasteiger partial charge in [0.2, 0.25) is 5.91 Å². The van der Waals surface area contributed by atoms with Crippen molar-refractivity contribution in [3.63, 3.8) is 0 Å². The lowest BCUT2D eigenvalue weighted by atomic mass is 9.74. The zero-order valence-corrected chi connectivity index (χ0v) is 13.5. The van der Waals surface area contributed by atoms with Gasteiger partial charge in [-0.3, -0.25) is 4.79 Å². The minimum atomic E-state index is -0.646. The molecule has 4 nitrogen and oxygen atoms in total. The molecule has 1 aliphatic carbocycles. The summed E-state index contributed by atoms with van der Waals surface area (Å²) in [4.78, 5) is 15.8. The van der Waals surface area contributed by atoms with Gasteiger partial charge in [0.1, 0.15) is 5.41 Å². The normalized spacial score (nSPS) is 32.3. The van der Waals surface area contributed by atoms with Crippen molar-refractivity contribution in [3.8, 4) is 0 Å². The Labute approximate surface area is 132 Å². The van der Waals surface area contributed by atoms with Gasteiger partial charge in [0.25, 0.3) is 0 Å². The number of fused-ring (bicyclic) bond motifs is 1. The molecule has 2 N–H and O–H groups in total. The van der Waals surface area contributed by atoms with Crippen molar-refractivity contribution in [3.05, 3.63) is 0 Å². The Morgan fingerprint density at radius 1 is 1.14 bits per heavy atom. The van der Waals surface area contributed by atoms with Crippen LogP contribution in [0.5, 0.6) is 0 Å². The first-order valence-corrected chi connectivity index (χ1v) is 8.75. The fourth-order valence-corrected chi connectivity index (χ4v) is 4.73. The monoisotopic (exact) mass is 310 g/mol. The molecule has 118 valence electrons. The van der Waals surface area contributed by atoms with Gasteiger partial charge in [0, 0.05) is 25.8 Å². The fraction of sp³-hybridized carbons (Fsp3) is 0.875. The van der Waals surface area contributed by atoms with E-state index in [-0.39, 0.29) is 5.91 Å². The summed E-state index contributed by atoms with van der Waals surface area (Å²) in [6.07, 6.45) is 8.68. The van der Waals surface area contributed by atoms with Crippen LogP contribution in [-0.2, 0) is 9.53 Å². The van der Waals surface area contributed by atoms with Crippen molar-refractivity contribution in [1.29, 1.82) is 0 Å². The number of rotatable bonds is 2. The minimum absolute atomic E-state index is 0.190. The summed E-state index contributed by atoms with van der Waals surface area (Å²) in [5.74, 6) is 0.884. The van der Waals surface area contributed by atoms with E-state index >= 15 is 0 Å². The van der Waals surface area contributed by atoms with Crippen LogP contribution in [0.15, 0.2) is 0 Å². The summed E-state index contributed by atoms with van der Waals surface area (Å²) in [6.45, 7) is 2.06. The number of nitrogens with zero attached hydrogens (tertiary/aromatic N) is 1. The smallest absolute Gasteiger partial charge is 0.236 e. The molecule has 3 rings (SSSR count). The Hall–Kier alpha value is -0.680. The Balaban J connectivity index is 1.83. The van der Waals surface area contributed by atoms with Crippen molar-refractivity contribution in [2.45, 2.75) is 57.4 Å². The molecular formula is C16H26N2O2S. The zero-order valence-electron chi connectivity index (χ0n) is 12.7. The Morgan fingerprint density at radius 3 is 2.52 bits per heavy atom. The van der Waals surface area contributed by atoms with Gasteiger partial charge in [0.15, 0.2) is 0 Å². The molecule has 2 heterocycles. The third-order valence-electron chi connectivity index (χ3n) is 5.73. The van der Waals surface area contributed by atoms with Crippen LogP contribution in [0.3, 0.4) is 0 Å². The second kappa shape index (κ2) is 6.21. The molecule has 0 bridgehead atoms. The maximum Gasteiger partial charge on any atom is 0.236 e. The van der Waals surface area contributed by atoms with Crippen LogP contribution >= 0.6 is 12.2 Å². The molecule has 0 unspecified atom stereocenters. The number of carbonyl (C=O) groups is 1. The van der Waals surface area contributed by atoms with Crippen molar-refractivity contribution in [1.82, 2.24) is 4.90 Å². The predicted molar refractivity (Wildman–Crippen MR) is 86.0 cm³/mol. The molecule has 0 radical (unpaired) electrons. The van der Waals surface area contributed by atoms with Gasteiger partial charge in [-0.1, -0.05) is 25.1 Å². The van der Waals surface area contributed by atoms with E-state index in [0.29, 0.717) is 43.0 Å². The first-order chi connectivity index (χ1) is 10.1. The molecule has 2 atom stereocenters. The third-order valence-corrected chi connectivity index (χ3v) is 6.12. The molecule has 0 aromatic carbocycles. The summed E-state index contributed by atoms with van der Waals surface area (Å²) >= 11 is 5.29. The molecule has 3 aliphatic rings. The van der Waals surface area contributed by atoms with E-state index in [1.165, 1.54) is 25.7 Å². The molecule has 2 saturated heterocycles. The van der Waals surface area contributed by atoms with Gasteiger partial charge in [-0.2, -0.15) is 0 Å². The molecule has 1 amide bonds. The number of amides is 1. The minimum Gasteiger partial charge on any atom is -0.392 e. The van der Waals surface area contributed by atoms with E-state index in [0.717, 1.165) is 19.4 Å². The summed E-state index contributed by atoms with van der Waals surface area (Å²) in [5.41, 5.74) is 5.36. The summed E-state index contributed by atoms with van der Waals surface area (Å²) in [6, 6.07) is 0.425. The first-order valence-electron chi connectivity index (χ1n) is 8.34. The number of carbonyl (C=O) groups excluding carboxylic acids is 1. The van der Waals surface area contributed by atoms with Crippen LogP contribution in [0, 0.1) is 11.3 Å². The summed E-state index contributed by atoms with van der Waals surface area (Å²) in [5, 5.41) is 0. The number of nitrogens with two attached hydrogens (primary N) is 1. The average Bonchev–Trinajstić information content (AvgIpc) is 2.54. The van der Waals surface area contributed by atoms with Gasteiger partial charge in [-0.15, -0.1) is 0 Å². The second-order valence-electron chi connectivity index (χ2n) is 6.81. The first kappa shape index (κ1) is 15.2. The molecule has 2 aliphatic heterocycles. The molecule has 3 fully saturated rings. The van der Waals surface area contributed by atoms with Crippen molar-refractivity contribution < 1.29 is 9.53 Å². The van der Waals surface area contributed by atoms with Gasteiger partial charge in [0.05, 0.1) is 4.99 Å². The maximum atomic E-state index is 13.3. The number of piperidine rings is 1. The molecule has 0 spiro atoms. The number of ether oxygens (including phenoxy) is 1. The number of likely N-dealkylation sites (tertiary alicyclic amines) is 1. The van der Waals surface area contributed by atoms with Crippen LogP contribution in [0.4, 0.5) is 0 Å². The summed E-state index contributed by atoms with van der Waals surface area (Å²) in [7, 11) is 0. The Morgan fingerprint density at radius 2 is 1.81 bits per heavy atom. The van der Waals surface area contributed by atoms with E-state index in [4.69, 9.17) is 22.7 Å². The molecular weight excluding hydrogens is 284 g/mol. The molecule has 0 aromatic rings. The van der Waals surface area contributed by atoms with Crippen molar-refractivity contribution in [2.75, 3.05) is 19.8 Å². The average molecular weight is 310 g/mol. The van der Waals surface area contributed by atoms with Gasteiger partial charge in [-0.05, 0) is 44.4 Å². The molecule has 0 aromatic heterocycles. The Kier molecular flexibility index (Phi) is 4.50. The number of hydrogen-bond donors (Lipinski definition) is 1. The number of thiocarbonyl (C=S) groups is 1. The third kappa shape index (κ3) is 2.70. The maximum absolute atomic E-state index is 13.3. The van der Waals surface area contributed by atoms with E-state index in [9.17, 15) is 4.79 Å². The number of hydrogen-bond acceptors (Lipinski definition) is 3. The lowest BCUT2D eigenvalue weighted by molar-refractivity contribution is -0.149. The largest absolute Gasteiger partial charge is 0.392 e. The quantitative estimate of drug-likeness (QED) is 0.795. The van der Waals surface area contributed by atoms with Gasteiger partial charge >= 0.3 is 0 Å². The van der Waals surface area contributed by atoms with Crippen molar-refractivity contribution >= 4 is 23.1 Å². The van der Waals surface area contributed by atoms with Gasteiger partial charge < -0.3 is 15.4 Å². The lowest BCUT2D eigenvalue weighted by Gasteiger charge is -2.48. The van der Waals surface area contributed by atoms with E-state index in [1.807, 2.05) is 0 Å². The molecule has 21 heavy (non-hydrogen) atoms. The van der Waals surface area contributed by atoms with Crippen molar-refractivity contribution in [2.24, 2.45) is 17.1 Å². The SMILES string of the molecule is NC(=S)C1(C(=O)N2CCC[C@H]3CCCC[C@H]32)CCOCC1. The highest BCUT2D eigenvalue weighted by molar-refractivity contribution is 7.80. The highest BCUT2D eigenvalue weighted by Gasteiger charge is 2.48. The van der Waals surface area contributed by atoms with Crippen LogP contribution in [-0.4, -0.2) is 41.6 Å². The topological polar surface area (TPSA) is 55.6 Å². The van der Waals surface area contributed by atoms with Gasteiger partial charge in [-0.25, -0.2) is 0 Å². The van der Waals surface area contributed by atoms with Crippen LogP contribution < -0.4 is 5.73 Å². The predicted octanol–water partition coefficient (Wildman–Crippen LogP) is 2.25.